The first-order valence-electron chi connectivity index (χ1n) is 11.4. The monoisotopic (exact) mass is 555 g/mol. The van der Waals surface area contributed by atoms with Crippen molar-refractivity contribution < 1.29 is 23.1 Å². The predicted octanol–water partition coefficient (Wildman–Crippen LogP) is 5.96. The van der Waals surface area contributed by atoms with Crippen molar-refractivity contribution in [2.24, 2.45) is 0 Å². The summed E-state index contributed by atoms with van der Waals surface area (Å²) in [4.78, 5) is 11.8. The highest BCUT2D eigenvalue weighted by molar-refractivity contribution is 7.99. The lowest BCUT2D eigenvalue weighted by molar-refractivity contribution is -0.139. The molecule has 0 aliphatic rings. The zero-order chi connectivity index (χ0) is 25.4. The number of carboxylic acids is 1. The molecule has 0 unspecified atom stereocenters. The summed E-state index contributed by atoms with van der Waals surface area (Å²) in [5, 5.41) is 13.6. The van der Waals surface area contributed by atoms with Crippen LogP contribution in [0.4, 0.5) is 0 Å². The van der Waals surface area contributed by atoms with Crippen LogP contribution in [0.3, 0.4) is 0 Å². The van der Waals surface area contributed by atoms with Crippen molar-refractivity contribution in [3.63, 3.8) is 0 Å². The third kappa shape index (κ3) is 8.11. The van der Waals surface area contributed by atoms with Crippen LogP contribution in [0.1, 0.15) is 30.4 Å². The molecule has 0 bridgehead atoms. The van der Waals surface area contributed by atoms with E-state index in [4.69, 9.17) is 21.4 Å². The molecule has 0 aliphatic carbocycles. The smallest absolute Gasteiger partial charge is 0.341 e. The number of halogens is 1. The van der Waals surface area contributed by atoms with Gasteiger partial charge in [-0.25, -0.2) is 13.2 Å². The minimum absolute atomic E-state index is 0.128. The lowest BCUT2D eigenvalue weighted by Gasteiger charge is -2.09. The van der Waals surface area contributed by atoms with Gasteiger partial charge in [-0.05, 0) is 105 Å². The maximum Gasteiger partial charge on any atom is 0.341 e. The molecular formula is C25H30ClNO5S3. The number of carboxylic acid groups (broad SMARTS) is 1. The van der Waals surface area contributed by atoms with Gasteiger partial charge in [-0.3, -0.25) is 0 Å². The standard InChI is InChI=1S/C25H30ClNO5S3/c1-17-14-20(7-8-22(17)32-16-24(28)29)33-12-4-3-10-27-11-5-13-35(30,31)25-18(2)21-15-19(26)6-9-23(21)34-25/h6-9,14-15,27H,3-5,10-13,16H2,1-2H3,(H,28,29). The lowest BCUT2D eigenvalue weighted by atomic mass is 10.2. The second kappa shape index (κ2) is 13.0. The van der Waals surface area contributed by atoms with Crippen molar-refractivity contribution in [1.29, 1.82) is 0 Å². The van der Waals surface area contributed by atoms with Gasteiger partial charge in [0.05, 0.1) is 5.75 Å². The topological polar surface area (TPSA) is 92.7 Å². The highest BCUT2D eigenvalue weighted by atomic mass is 35.5. The van der Waals surface area contributed by atoms with E-state index in [0.29, 0.717) is 27.9 Å². The number of thiophene rings is 1. The Balaban J connectivity index is 1.32. The van der Waals surface area contributed by atoms with Crippen molar-refractivity contribution in [3.05, 3.63) is 52.5 Å². The Hall–Kier alpha value is -1.78. The van der Waals surface area contributed by atoms with Crippen LogP contribution in [0.5, 0.6) is 5.75 Å². The average Bonchev–Trinajstić information content (AvgIpc) is 3.14. The fraction of sp³-hybridized carbons (Fsp3) is 0.400. The first-order chi connectivity index (χ1) is 16.7. The number of hydrogen-bond donors (Lipinski definition) is 2. The first-order valence-corrected chi connectivity index (χ1v) is 15.2. The first kappa shape index (κ1) is 27.8. The SMILES string of the molecule is Cc1cc(SCCCCNCCCS(=O)(=O)c2sc3ccc(Cl)cc3c2C)ccc1OCC(=O)O. The van der Waals surface area contributed by atoms with Gasteiger partial charge in [0.15, 0.2) is 16.4 Å². The number of ether oxygens (including phenoxy) is 1. The summed E-state index contributed by atoms with van der Waals surface area (Å²) in [7, 11) is -3.32. The summed E-state index contributed by atoms with van der Waals surface area (Å²) in [5.74, 6) is 0.702. The number of thioether (sulfide) groups is 1. The van der Waals surface area contributed by atoms with Crippen molar-refractivity contribution in [2.45, 2.75) is 42.2 Å². The normalized spacial score (nSPS) is 11.7. The Labute approximate surface area is 219 Å². The summed E-state index contributed by atoms with van der Waals surface area (Å²) in [6.45, 7) is 4.93. The number of fused-ring (bicyclic) bond motifs is 1. The number of hydrogen-bond acceptors (Lipinski definition) is 7. The molecule has 1 aromatic heterocycles. The zero-order valence-corrected chi connectivity index (χ0v) is 23.0. The van der Waals surface area contributed by atoms with Crippen LogP contribution in [0, 0.1) is 13.8 Å². The summed E-state index contributed by atoms with van der Waals surface area (Å²) < 4.78 is 32.3. The number of benzene rings is 2. The molecule has 1 heterocycles. The molecule has 0 saturated heterocycles. The number of unbranched alkanes of at least 4 members (excludes halogenated alkanes) is 1. The second-order valence-corrected chi connectivity index (χ2v) is 13.2. The molecular weight excluding hydrogens is 526 g/mol. The van der Waals surface area contributed by atoms with Crippen molar-refractivity contribution in [1.82, 2.24) is 5.32 Å². The Morgan fingerprint density at radius 3 is 2.63 bits per heavy atom. The third-order valence-corrected chi connectivity index (χ3v) is 10.5. The molecule has 3 aromatic rings. The molecule has 0 aliphatic heterocycles. The zero-order valence-electron chi connectivity index (χ0n) is 19.8. The highest BCUT2D eigenvalue weighted by Gasteiger charge is 2.21. The molecule has 35 heavy (non-hydrogen) atoms. The fourth-order valence-corrected chi connectivity index (χ4v) is 8.04. The van der Waals surface area contributed by atoms with Crippen LogP contribution in [0.2, 0.25) is 5.02 Å². The molecule has 0 amide bonds. The van der Waals surface area contributed by atoms with E-state index in [1.807, 2.05) is 44.2 Å². The van der Waals surface area contributed by atoms with E-state index in [9.17, 15) is 13.2 Å². The number of sulfone groups is 1. The molecule has 0 saturated carbocycles. The Kier molecular flexibility index (Phi) is 10.3. The van der Waals surface area contributed by atoms with Gasteiger partial charge >= 0.3 is 5.97 Å². The van der Waals surface area contributed by atoms with Gasteiger partial charge in [0.2, 0.25) is 0 Å². The molecule has 0 fully saturated rings. The Morgan fingerprint density at radius 2 is 1.89 bits per heavy atom. The van der Waals surface area contributed by atoms with E-state index in [2.05, 4.69) is 5.32 Å². The molecule has 10 heteroatoms. The van der Waals surface area contributed by atoms with E-state index in [0.717, 1.165) is 51.2 Å². The number of rotatable bonds is 14. The van der Waals surface area contributed by atoms with Crippen molar-refractivity contribution in [2.75, 3.05) is 31.2 Å². The van der Waals surface area contributed by atoms with Crippen molar-refractivity contribution in [3.8, 4) is 5.75 Å². The number of aryl methyl sites for hydroxylation is 2. The number of carbonyl (C=O) groups is 1. The molecule has 0 spiro atoms. The molecule has 0 atom stereocenters. The summed E-state index contributed by atoms with van der Waals surface area (Å²) >= 11 is 9.14. The van der Waals surface area contributed by atoms with E-state index in [1.54, 1.807) is 17.8 Å². The summed E-state index contributed by atoms with van der Waals surface area (Å²) in [6, 6.07) is 11.3. The summed E-state index contributed by atoms with van der Waals surface area (Å²) in [5.41, 5.74) is 1.71. The minimum atomic E-state index is -3.32. The van der Waals surface area contributed by atoms with E-state index in [1.165, 1.54) is 11.3 Å². The van der Waals surface area contributed by atoms with Crippen LogP contribution >= 0.6 is 34.7 Å². The van der Waals surface area contributed by atoms with E-state index < -0.39 is 15.8 Å². The minimum Gasteiger partial charge on any atom is -0.482 e. The van der Waals surface area contributed by atoms with Crippen LogP contribution in [-0.4, -0.2) is 50.7 Å². The van der Waals surface area contributed by atoms with E-state index in [-0.39, 0.29) is 12.4 Å². The second-order valence-electron chi connectivity index (χ2n) is 8.24. The molecule has 2 N–H and O–H groups in total. The fourth-order valence-electron chi connectivity index (χ4n) is 3.63. The van der Waals surface area contributed by atoms with Gasteiger partial charge in [0.1, 0.15) is 9.96 Å². The largest absolute Gasteiger partial charge is 0.482 e. The number of nitrogens with one attached hydrogen (secondary N) is 1. The summed E-state index contributed by atoms with van der Waals surface area (Å²) in [6.07, 6.45) is 2.62. The molecule has 2 aromatic carbocycles. The Bertz CT molecular complexity index is 1270. The maximum atomic E-state index is 12.8. The van der Waals surface area contributed by atoms with Gasteiger partial charge in [-0.1, -0.05) is 11.6 Å². The van der Waals surface area contributed by atoms with Gasteiger partial charge < -0.3 is 15.2 Å². The van der Waals surface area contributed by atoms with Crippen LogP contribution in [0.15, 0.2) is 45.5 Å². The van der Waals surface area contributed by atoms with Crippen molar-refractivity contribution >= 4 is 60.6 Å². The molecule has 190 valence electrons. The van der Waals surface area contributed by atoms with E-state index >= 15 is 0 Å². The highest BCUT2D eigenvalue weighted by Crippen LogP contribution is 2.36. The number of aliphatic carboxylic acids is 1. The predicted molar refractivity (Wildman–Crippen MR) is 145 cm³/mol. The Morgan fingerprint density at radius 1 is 1.11 bits per heavy atom. The molecule has 6 nitrogen and oxygen atoms in total. The van der Waals surface area contributed by atoms with Gasteiger partial charge in [-0.15, -0.1) is 23.1 Å². The van der Waals surface area contributed by atoms with Gasteiger partial charge in [0, 0.05) is 14.6 Å². The molecule has 3 rings (SSSR count). The van der Waals surface area contributed by atoms with Crippen LogP contribution < -0.4 is 10.1 Å². The molecule has 0 radical (unpaired) electrons. The van der Waals surface area contributed by atoms with Gasteiger partial charge in [-0.2, -0.15) is 0 Å². The maximum absolute atomic E-state index is 12.8. The van der Waals surface area contributed by atoms with Gasteiger partial charge in [0.25, 0.3) is 0 Å². The average molecular weight is 556 g/mol. The van der Waals surface area contributed by atoms with Crippen LogP contribution in [0.25, 0.3) is 10.1 Å². The quantitative estimate of drug-likeness (QED) is 0.187. The lowest BCUT2D eigenvalue weighted by Crippen LogP contribution is -2.19. The third-order valence-electron chi connectivity index (χ3n) is 5.42. The van der Waals surface area contributed by atoms with Crippen LogP contribution in [-0.2, 0) is 14.6 Å².